The molecule has 2 amide bonds. The lowest BCUT2D eigenvalue weighted by Crippen LogP contribution is -2.52. The third-order valence-corrected chi connectivity index (χ3v) is 5.33. The van der Waals surface area contributed by atoms with Crippen molar-refractivity contribution in [1.29, 1.82) is 0 Å². The van der Waals surface area contributed by atoms with Gasteiger partial charge in [0.05, 0.1) is 18.2 Å². The maximum atomic E-state index is 13.1. The number of hydrogen-bond donors (Lipinski definition) is 0. The number of carbonyl (C=O) groups is 2. The van der Waals surface area contributed by atoms with E-state index in [1.165, 1.54) is 17.0 Å². The van der Waals surface area contributed by atoms with E-state index in [9.17, 15) is 14.0 Å². The number of aryl methyl sites for hydroxylation is 1. The highest BCUT2D eigenvalue weighted by Gasteiger charge is 2.43. The van der Waals surface area contributed by atoms with Crippen molar-refractivity contribution < 1.29 is 14.0 Å². The Kier molecular flexibility index (Phi) is 4.66. The number of piperazine rings is 1. The zero-order valence-corrected chi connectivity index (χ0v) is 15.3. The summed E-state index contributed by atoms with van der Waals surface area (Å²) in [6.07, 6.45) is 0.226. The van der Waals surface area contributed by atoms with Gasteiger partial charge in [-0.1, -0.05) is 12.1 Å². The van der Waals surface area contributed by atoms with Crippen molar-refractivity contribution in [2.75, 3.05) is 36.0 Å². The van der Waals surface area contributed by atoms with E-state index in [1.807, 2.05) is 25.1 Å². The van der Waals surface area contributed by atoms with Gasteiger partial charge in [-0.15, -0.1) is 0 Å². The van der Waals surface area contributed by atoms with E-state index in [0.29, 0.717) is 18.8 Å². The molecule has 6 heteroatoms. The third kappa shape index (κ3) is 3.45. The molecule has 2 aliphatic rings. The van der Waals surface area contributed by atoms with Gasteiger partial charge in [0, 0.05) is 31.9 Å². The smallest absolute Gasteiger partial charge is 0.251 e. The quantitative estimate of drug-likeness (QED) is 0.783. The van der Waals surface area contributed by atoms with Gasteiger partial charge in [0.2, 0.25) is 5.91 Å². The van der Waals surface area contributed by atoms with Gasteiger partial charge in [0.25, 0.3) is 5.91 Å². The van der Waals surface area contributed by atoms with Gasteiger partial charge in [-0.05, 0) is 48.9 Å². The minimum absolute atomic E-state index is 0.138. The SMILES string of the molecule is Cc1cccc(N2C(=O)C[C@@H](N3CCN(c4ccc(F)cc4)CC3)C2=O)c1. The van der Waals surface area contributed by atoms with Crippen LogP contribution < -0.4 is 9.80 Å². The Bertz CT molecular complexity index is 860. The van der Waals surface area contributed by atoms with Gasteiger partial charge >= 0.3 is 0 Å². The van der Waals surface area contributed by atoms with E-state index >= 15 is 0 Å². The van der Waals surface area contributed by atoms with Crippen LogP contribution in [0.5, 0.6) is 0 Å². The molecular weight excluding hydrogens is 345 g/mol. The summed E-state index contributed by atoms with van der Waals surface area (Å²) in [6, 6.07) is 13.5. The first-order valence-corrected chi connectivity index (χ1v) is 9.21. The lowest BCUT2D eigenvalue weighted by molar-refractivity contribution is -0.123. The van der Waals surface area contributed by atoms with Crippen molar-refractivity contribution in [1.82, 2.24) is 4.90 Å². The standard InChI is InChI=1S/C21H22FN3O2/c1-15-3-2-4-18(13-15)25-20(26)14-19(21(25)27)24-11-9-23(10-12-24)17-7-5-16(22)6-8-17/h2-8,13,19H,9-12,14H2,1H3/t19-/m1/s1. The molecule has 2 aliphatic heterocycles. The Morgan fingerprint density at radius 2 is 1.63 bits per heavy atom. The third-order valence-electron chi connectivity index (χ3n) is 5.33. The highest BCUT2D eigenvalue weighted by atomic mass is 19.1. The average Bonchev–Trinajstić information content (AvgIpc) is 2.97. The first-order chi connectivity index (χ1) is 13.0. The van der Waals surface area contributed by atoms with Crippen molar-refractivity contribution in [3.8, 4) is 0 Å². The molecule has 5 nitrogen and oxygen atoms in total. The van der Waals surface area contributed by atoms with Gasteiger partial charge in [-0.3, -0.25) is 14.5 Å². The van der Waals surface area contributed by atoms with Crippen LogP contribution in [0, 0.1) is 12.7 Å². The fraction of sp³-hybridized carbons (Fsp3) is 0.333. The molecule has 0 spiro atoms. The first-order valence-electron chi connectivity index (χ1n) is 9.21. The molecule has 0 unspecified atom stereocenters. The van der Waals surface area contributed by atoms with E-state index in [-0.39, 0.29) is 24.1 Å². The van der Waals surface area contributed by atoms with Gasteiger partial charge in [-0.25, -0.2) is 9.29 Å². The second-order valence-electron chi connectivity index (χ2n) is 7.13. The highest BCUT2D eigenvalue weighted by Crippen LogP contribution is 2.27. The van der Waals surface area contributed by atoms with E-state index in [0.717, 1.165) is 24.3 Å². The summed E-state index contributed by atoms with van der Waals surface area (Å²) in [6.45, 7) is 4.83. The lowest BCUT2D eigenvalue weighted by atomic mass is 10.1. The Balaban J connectivity index is 1.44. The van der Waals surface area contributed by atoms with Crippen molar-refractivity contribution >= 4 is 23.2 Å². The fourth-order valence-electron chi connectivity index (χ4n) is 3.88. The van der Waals surface area contributed by atoms with Crippen LogP contribution in [-0.4, -0.2) is 48.9 Å². The molecule has 2 heterocycles. The number of rotatable bonds is 3. The van der Waals surface area contributed by atoms with Crippen LogP contribution in [0.3, 0.4) is 0 Å². The average molecular weight is 367 g/mol. The largest absolute Gasteiger partial charge is 0.369 e. The van der Waals surface area contributed by atoms with Crippen molar-refractivity contribution in [3.05, 3.63) is 59.9 Å². The summed E-state index contributed by atoms with van der Waals surface area (Å²) < 4.78 is 13.1. The van der Waals surface area contributed by atoms with Gasteiger partial charge in [0.15, 0.2) is 0 Å². The summed E-state index contributed by atoms with van der Waals surface area (Å²) in [5, 5.41) is 0. The highest BCUT2D eigenvalue weighted by molar-refractivity contribution is 6.22. The zero-order chi connectivity index (χ0) is 19.0. The molecule has 0 radical (unpaired) electrons. The molecule has 0 bridgehead atoms. The Labute approximate surface area is 158 Å². The van der Waals surface area contributed by atoms with Gasteiger partial charge < -0.3 is 4.90 Å². The van der Waals surface area contributed by atoms with Gasteiger partial charge in [-0.2, -0.15) is 0 Å². The summed E-state index contributed by atoms with van der Waals surface area (Å²) in [7, 11) is 0. The normalized spacial score (nSPS) is 21.2. The monoisotopic (exact) mass is 367 g/mol. The van der Waals surface area contributed by atoms with E-state index in [4.69, 9.17) is 0 Å². The van der Waals surface area contributed by atoms with Crippen LogP contribution in [0.25, 0.3) is 0 Å². The molecule has 2 aromatic carbocycles. The number of benzene rings is 2. The molecule has 27 heavy (non-hydrogen) atoms. The van der Waals surface area contributed by atoms with Crippen LogP contribution in [0.15, 0.2) is 48.5 Å². The molecule has 4 rings (SSSR count). The van der Waals surface area contributed by atoms with Crippen LogP contribution in [-0.2, 0) is 9.59 Å². The maximum Gasteiger partial charge on any atom is 0.251 e. The van der Waals surface area contributed by atoms with Crippen molar-refractivity contribution in [3.63, 3.8) is 0 Å². The van der Waals surface area contributed by atoms with E-state index in [1.54, 1.807) is 18.2 Å². The van der Waals surface area contributed by atoms with Crippen molar-refractivity contribution in [2.45, 2.75) is 19.4 Å². The summed E-state index contributed by atoms with van der Waals surface area (Å²) in [5.41, 5.74) is 2.65. The zero-order valence-electron chi connectivity index (χ0n) is 15.3. The number of hydrogen-bond acceptors (Lipinski definition) is 4. The molecule has 0 N–H and O–H groups in total. The number of amides is 2. The van der Waals surface area contributed by atoms with Crippen LogP contribution in [0.2, 0.25) is 0 Å². The lowest BCUT2D eigenvalue weighted by Gasteiger charge is -2.38. The maximum absolute atomic E-state index is 13.1. The Hall–Kier alpha value is -2.73. The molecule has 0 aliphatic carbocycles. The van der Waals surface area contributed by atoms with Crippen LogP contribution >= 0.6 is 0 Å². The van der Waals surface area contributed by atoms with Crippen LogP contribution in [0.1, 0.15) is 12.0 Å². The molecule has 0 saturated carbocycles. The van der Waals surface area contributed by atoms with E-state index < -0.39 is 6.04 Å². The number of anilines is 2. The summed E-state index contributed by atoms with van der Waals surface area (Å²) in [5.74, 6) is -0.527. The van der Waals surface area contributed by atoms with E-state index in [2.05, 4.69) is 9.80 Å². The van der Waals surface area contributed by atoms with Crippen LogP contribution in [0.4, 0.5) is 15.8 Å². The fourth-order valence-corrected chi connectivity index (χ4v) is 3.88. The summed E-state index contributed by atoms with van der Waals surface area (Å²) in [4.78, 5) is 31.0. The summed E-state index contributed by atoms with van der Waals surface area (Å²) >= 11 is 0. The number of carbonyl (C=O) groups excluding carboxylic acids is 2. The predicted octanol–water partition coefficient (Wildman–Crippen LogP) is 2.59. The minimum Gasteiger partial charge on any atom is -0.369 e. The first kappa shape index (κ1) is 17.7. The van der Waals surface area contributed by atoms with Crippen molar-refractivity contribution in [2.24, 2.45) is 0 Å². The second kappa shape index (κ2) is 7.12. The second-order valence-corrected chi connectivity index (χ2v) is 7.13. The number of nitrogens with zero attached hydrogens (tertiary/aromatic N) is 3. The Morgan fingerprint density at radius 1 is 0.926 bits per heavy atom. The number of imide groups is 1. The minimum atomic E-state index is -0.395. The molecule has 2 aromatic rings. The molecule has 2 saturated heterocycles. The van der Waals surface area contributed by atoms with Gasteiger partial charge in [0.1, 0.15) is 5.82 Å². The number of halogens is 1. The molecule has 140 valence electrons. The molecule has 0 aromatic heterocycles. The molecule has 2 fully saturated rings. The molecule has 1 atom stereocenters. The Morgan fingerprint density at radius 3 is 2.30 bits per heavy atom. The topological polar surface area (TPSA) is 43.9 Å². The predicted molar refractivity (Wildman–Crippen MR) is 102 cm³/mol. The molecular formula is C21H22FN3O2.